The van der Waals surface area contributed by atoms with Gasteiger partial charge in [-0.1, -0.05) is 13.8 Å². The normalized spacial score (nSPS) is 25.4. The third kappa shape index (κ3) is 2.95. The van der Waals surface area contributed by atoms with Crippen molar-refractivity contribution in [3.63, 3.8) is 0 Å². The summed E-state index contributed by atoms with van der Waals surface area (Å²) in [6, 6.07) is 4.19. The van der Waals surface area contributed by atoms with Gasteiger partial charge in [-0.2, -0.15) is 0 Å². The quantitative estimate of drug-likeness (QED) is 0.807. The van der Waals surface area contributed by atoms with E-state index in [1.54, 1.807) is 0 Å². The van der Waals surface area contributed by atoms with Gasteiger partial charge in [0.1, 0.15) is 5.82 Å². The van der Waals surface area contributed by atoms with Crippen LogP contribution in [-0.4, -0.2) is 33.6 Å². The Labute approximate surface area is 153 Å². The van der Waals surface area contributed by atoms with Crippen molar-refractivity contribution < 1.29 is 4.79 Å². The molecule has 0 radical (unpaired) electrons. The predicted molar refractivity (Wildman–Crippen MR) is 101 cm³/mol. The summed E-state index contributed by atoms with van der Waals surface area (Å²) in [5.74, 6) is 2.29. The second kappa shape index (κ2) is 6.02. The maximum atomic E-state index is 12.7. The average Bonchev–Trinajstić information content (AvgIpc) is 2.89. The first kappa shape index (κ1) is 16.9. The molecule has 0 spiro atoms. The number of piperidine rings is 1. The summed E-state index contributed by atoms with van der Waals surface area (Å²) in [4.78, 5) is 18.6. The number of nitrogens with one attached hydrogen (secondary N) is 2. The molecule has 2 N–H and O–H groups in total. The molecular formula is C19H26N4OS. The Morgan fingerprint density at radius 2 is 2.12 bits per heavy atom. The van der Waals surface area contributed by atoms with Crippen molar-refractivity contribution in [1.82, 2.24) is 20.0 Å². The molecule has 1 amide bonds. The van der Waals surface area contributed by atoms with E-state index in [9.17, 15) is 4.79 Å². The number of hydrogen-bond acceptors (Lipinski definition) is 4. The molecule has 3 atom stereocenters. The highest BCUT2D eigenvalue weighted by Crippen LogP contribution is 2.49. The van der Waals surface area contributed by atoms with Crippen LogP contribution in [0.2, 0.25) is 0 Å². The van der Waals surface area contributed by atoms with Gasteiger partial charge in [0.2, 0.25) is 5.91 Å². The third-order valence-corrected chi connectivity index (χ3v) is 6.35. The van der Waals surface area contributed by atoms with Crippen LogP contribution in [0.1, 0.15) is 33.5 Å². The molecule has 0 aromatic carbocycles. The van der Waals surface area contributed by atoms with Gasteiger partial charge in [-0.15, -0.1) is 11.8 Å². The number of fused-ring (bicyclic) bond motifs is 2. The fourth-order valence-electron chi connectivity index (χ4n) is 4.07. The number of nitrogens with zero attached hydrogens (tertiary/aromatic N) is 2. The van der Waals surface area contributed by atoms with Gasteiger partial charge in [0.15, 0.2) is 0 Å². The van der Waals surface area contributed by atoms with Gasteiger partial charge in [-0.25, -0.2) is 4.98 Å². The maximum Gasteiger partial charge on any atom is 0.224 e. The minimum absolute atomic E-state index is 0.172. The van der Waals surface area contributed by atoms with E-state index in [4.69, 9.17) is 0 Å². The minimum Gasteiger partial charge on any atom is -0.344 e. The lowest BCUT2D eigenvalue weighted by Gasteiger charge is -2.26. The van der Waals surface area contributed by atoms with Crippen LogP contribution >= 0.6 is 11.8 Å². The Morgan fingerprint density at radius 1 is 1.40 bits per heavy atom. The molecule has 1 aliphatic carbocycles. The number of aromatic nitrogens is 2. The molecule has 4 rings (SSSR count). The fraction of sp³-hybridized carbons (Fsp3) is 0.579. The van der Waals surface area contributed by atoms with Gasteiger partial charge in [0.05, 0.1) is 17.3 Å². The average molecular weight is 359 g/mol. The largest absolute Gasteiger partial charge is 0.344 e. The zero-order valence-electron chi connectivity index (χ0n) is 15.2. The number of carbonyl (C=O) groups excluding carboxylic acids is 1. The molecule has 1 aliphatic heterocycles. The molecule has 2 fully saturated rings. The Balaban J connectivity index is 1.58. The standard InChI is InChI=1S/C19H26N4OS/c1-11(2)25-15-6-5-7-23-14(15)10-21-18(23)19(3,4)22-17(24)16-12-8-20-9-13(12)16/h5-7,10-13,16,20H,8-9H2,1-4H3,(H,22,24)/t12-,13+,16+. The molecule has 3 heterocycles. The molecule has 6 heteroatoms. The second-order valence-electron chi connectivity index (χ2n) is 8.00. The maximum absolute atomic E-state index is 12.7. The number of hydrogen-bond donors (Lipinski definition) is 2. The molecule has 2 aliphatic rings. The van der Waals surface area contributed by atoms with E-state index in [1.807, 2.05) is 38.0 Å². The van der Waals surface area contributed by atoms with Crippen LogP contribution in [0.25, 0.3) is 5.52 Å². The molecule has 0 unspecified atom stereocenters. The number of thioether (sulfide) groups is 1. The van der Waals surface area contributed by atoms with Crippen molar-refractivity contribution in [2.75, 3.05) is 13.1 Å². The van der Waals surface area contributed by atoms with Crippen molar-refractivity contribution in [1.29, 1.82) is 0 Å². The number of rotatable bonds is 5. The van der Waals surface area contributed by atoms with Gasteiger partial charge in [0.25, 0.3) is 0 Å². The van der Waals surface area contributed by atoms with Crippen molar-refractivity contribution >= 4 is 23.2 Å². The Hall–Kier alpha value is -1.53. The molecule has 25 heavy (non-hydrogen) atoms. The highest BCUT2D eigenvalue weighted by molar-refractivity contribution is 8.00. The van der Waals surface area contributed by atoms with Crippen LogP contribution in [0.5, 0.6) is 0 Å². The number of amides is 1. The van der Waals surface area contributed by atoms with Crippen LogP contribution in [0.4, 0.5) is 0 Å². The molecule has 134 valence electrons. The summed E-state index contributed by atoms with van der Waals surface area (Å²) in [7, 11) is 0. The van der Waals surface area contributed by atoms with E-state index < -0.39 is 5.54 Å². The molecule has 1 saturated heterocycles. The Bertz CT molecular complexity index is 803. The van der Waals surface area contributed by atoms with Gasteiger partial charge in [0, 0.05) is 22.3 Å². The lowest BCUT2D eigenvalue weighted by atomic mass is 10.0. The van der Waals surface area contributed by atoms with E-state index in [0.717, 1.165) is 24.4 Å². The first-order valence-corrected chi connectivity index (χ1v) is 9.92. The van der Waals surface area contributed by atoms with Crippen molar-refractivity contribution in [3.05, 3.63) is 30.4 Å². The number of imidazole rings is 1. The van der Waals surface area contributed by atoms with Crippen LogP contribution in [0, 0.1) is 17.8 Å². The summed E-state index contributed by atoms with van der Waals surface area (Å²) < 4.78 is 2.11. The fourth-order valence-corrected chi connectivity index (χ4v) is 5.00. The second-order valence-corrected chi connectivity index (χ2v) is 9.62. The SMILES string of the molecule is CC(C)Sc1cccn2c(C(C)(C)NC(=O)[C@H]3[C@@H]4CNC[C@@H]43)ncc12. The lowest BCUT2D eigenvalue weighted by Crippen LogP contribution is -2.44. The number of carbonyl (C=O) groups is 1. The molecule has 2 aromatic heterocycles. The molecule has 5 nitrogen and oxygen atoms in total. The molecule has 1 saturated carbocycles. The van der Waals surface area contributed by atoms with Gasteiger partial charge < -0.3 is 15.0 Å². The topological polar surface area (TPSA) is 58.4 Å². The zero-order chi connectivity index (χ0) is 17.8. The third-order valence-electron chi connectivity index (χ3n) is 5.28. The van der Waals surface area contributed by atoms with Crippen molar-refractivity contribution in [2.45, 2.75) is 43.4 Å². The number of pyridine rings is 1. The molecule has 2 aromatic rings. The van der Waals surface area contributed by atoms with Gasteiger partial charge >= 0.3 is 0 Å². The summed E-state index contributed by atoms with van der Waals surface area (Å²) in [5, 5.41) is 7.10. The van der Waals surface area contributed by atoms with Gasteiger partial charge in [-0.3, -0.25) is 4.79 Å². The summed E-state index contributed by atoms with van der Waals surface area (Å²) in [6.45, 7) is 10.4. The summed E-state index contributed by atoms with van der Waals surface area (Å²) >= 11 is 1.84. The Morgan fingerprint density at radius 3 is 2.80 bits per heavy atom. The van der Waals surface area contributed by atoms with E-state index in [-0.39, 0.29) is 11.8 Å². The van der Waals surface area contributed by atoms with Crippen LogP contribution in [0.3, 0.4) is 0 Å². The zero-order valence-corrected chi connectivity index (χ0v) is 16.1. The highest BCUT2D eigenvalue weighted by atomic mass is 32.2. The Kier molecular flexibility index (Phi) is 4.07. The van der Waals surface area contributed by atoms with E-state index in [0.29, 0.717) is 17.1 Å². The smallest absolute Gasteiger partial charge is 0.224 e. The molecule has 0 bridgehead atoms. The van der Waals surface area contributed by atoms with E-state index in [2.05, 4.69) is 46.0 Å². The highest BCUT2D eigenvalue weighted by Gasteiger charge is 2.57. The van der Waals surface area contributed by atoms with Crippen LogP contribution in [0.15, 0.2) is 29.4 Å². The van der Waals surface area contributed by atoms with E-state index >= 15 is 0 Å². The minimum atomic E-state index is -0.505. The summed E-state index contributed by atoms with van der Waals surface area (Å²) in [5.41, 5.74) is 0.598. The predicted octanol–water partition coefficient (Wildman–Crippen LogP) is 2.65. The first-order valence-electron chi connectivity index (χ1n) is 9.04. The van der Waals surface area contributed by atoms with Crippen LogP contribution in [-0.2, 0) is 10.3 Å². The van der Waals surface area contributed by atoms with Crippen molar-refractivity contribution in [3.8, 4) is 0 Å². The summed E-state index contributed by atoms with van der Waals surface area (Å²) in [6.07, 6.45) is 3.95. The lowest BCUT2D eigenvalue weighted by molar-refractivity contribution is -0.124. The monoisotopic (exact) mass is 358 g/mol. The van der Waals surface area contributed by atoms with Crippen LogP contribution < -0.4 is 10.6 Å². The van der Waals surface area contributed by atoms with Crippen molar-refractivity contribution in [2.24, 2.45) is 17.8 Å². The first-order chi connectivity index (χ1) is 11.9. The van der Waals surface area contributed by atoms with Gasteiger partial charge in [-0.05, 0) is 50.9 Å². The van der Waals surface area contributed by atoms with E-state index in [1.165, 1.54) is 4.90 Å². The molecular weight excluding hydrogens is 332 g/mol.